The van der Waals surface area contributed by atoms with Gasteiger partial charge in [-0.25, -0.2) is 9.59 Å². The Morgan fingerprint density at radius 1 is 1.11 bits per heavy atom. The summed E-state index contributed by atoms with van der Waals surface area (Å²) in [6, 6.07) is 3.61. The van der Waals surface area contributed by atoms with Crippen LogP contribution in [0, 0.1) is 6.92 Å². The summed E-state index contributed by atoms with van der Waals surface area (Å²) in [7, 11) is 2.43. The lowest BCUT2D eigenvalue weighted by Crippen LogP contribution is -2.11. The summed E-state index contributed by atoms with van der Waals surface area (Å²) in [6.07, 6.45) is 1.56. The number of hydrogen-bond acceptors (Lipinski definition) is 5. The largest absolute Gasteiger partial charge is 0.465 e. The topological polar surface area (TPSA) is 97.5 Å². The lowest BCUT2D eigenvalue weighted by atomic mass is 10.0. The van der Waals surface area contributed by atoms with Crippen LogP contribution in [0.3, 0.4) is 0 Å². The van der Waals surface area contributed by atoms with Crippen molar-refractivity contribution in [3.63, 3.8) is 0 Å². The number of anilines is 1. The Morgan fingerprint density at radius 3 is 2.41 bits per heavy atom. The number of methoxy groups -OCH3 is 2. The molecule has 3 rings (SSSR count). The van der Waals surface area contributed by atoms with E-state index in [1.165, 1.54) is 14.2 Å². The van der Waals surface area contributed by atoms with Gasteiger partial charge < -0.3 is 19.8 Å². The molecule has 1 amide bonds. The first-order chi connectivity index (χ1) is 12.8. The zero-order valence-electron chi connectivity index (χ0n) is 14.5. The molecule has 0 radical (unpaired) electrons. The second-order valence-electron chi connectivity index (χ2n) is 5.72. The highest BCUT2D eigenvalue weighted by molar-refractivity contribution is 9.11. The van der Waals surface area contributed by atoms with Crippen LogP contribution in [-0.4, -0.2) is 37.0 Å². The number of aromatic nitrogens is 1. The van der Waals surface area contributed by atoms with E-state index in [-0.39, 0.29) is 17.2 Å². The van der Waals surface area contributed by atoms with Gasteiger partial charge in [0.05, 0.1) is 25.5 Å². The van der Waals surface area contributed by atoms with Gasteiger partial charge >= 0.3 is 11.9 Å². The Labute approximate surface area is 171 Å². The van der Waals surface area contributed by atoms with Gasteiger partial charge in [0, 0.05) is 31.3 Å². The highest BCUT2D eigenvalue weighted by Gasteiger charge is 2.30. The molecule has 0 fully saturated rings. The Hall–Kier alpha value is -2.39. The maximum Gasteiger partial charge on any atom is 0.355 e. The molecule has 1 aromatic carbocycles. The van der Waals surface area contributed by atoms with Gasteiger partial charge in [-0.05, 0) is 41.1 Å². The van der Waals surface area contributed by atoms with Gasteiger partial charge in [-0.15, -0.1) is 0 Å². The second-order valence-corrected chi connectivity index (χ2v) is 7.49. The number of nitrogens with one attached hydrogen (secondary N) is 2. The van der Waals surface area contributed by atoms with Gasteiger partial charge in [-0.2, -0.15) is 0 Å². The van der Waals surface area contributed by atoms with E-state index in [2.05, 4.69) is 42.2 Å². The number of esters is 2. The second kappa shape index (κ2) is 7.32. The van der Waals surface area contributed by atoms with Crippen molar-refractivity contribution in [1.82, 2.24) is 4.98 Å². The Kier molecular flexibility index (Phi) is 5.25. The summed E-state index contributed by atoms with van der Waals surface area (Å²) < 4.78 is 11.0. The van der Waals surface area contributed by atoms with Crippen molar-refractivity contribution in [3.8, 4) is 0 Å². The number of aromatic amines is 1. The lowest BCUT2D eigenvalue weighted by Gasteiger charge is -2.04. The number of H-pyrrole nitrogens is 1. The predicted molar refractivity (Wildman–Crippen MR) is 107 cm³/mol. The summed E-state index contributed by atoms with van der Waals surface area (Å²) >= 11 is 6.83. The molecule has 2 N–H and O–H groups in total. The summed E-state index contributed by atoms with van der Waals surface area (Å²) in [5.74, 6) is -1.73. The number of amides is 1. The summed E-state index contributed by atoms with van der Waals surface area (Å²) in [4.78, 5) is 39.7. The van der Waals surface area contributed by atoms with E-state index < -0.39 is 11.9 Å². The minimum Gasteiger partial charge on any atom is -0.465 e. The van der Waals surface area contributed by atoms with Crippen LogP contribution in [0.15, 0.2) is 21.1 Å². The molecule has 140 valence electrons. The molecule has 2 aromatic rings. The van der Waals surface area contributed by atoms with Gasteiger partial charge in [-0.1, -0.05) is 15.9 Å². The van der Waals surface area contributed by atoms with Crippen LogP contribution < -0.4 is 5.32 Å². The monoisotopic (exact) mass is 496 g/mol. The molecule has 0 saturated heterocycles. The highest BCUT2D eigenvalue weighted by atomic mass is 79.9. The first-order valence-corrected chi connectivity index (χ1v) is 9.28. The zero-order valence-corrected chi connectivity index (χ0v) is 17.7. The molecular weight excluding hydrogens is 484 g/mol. The molecule has 7 nitrogen and oxygen atoms in total. The fourth-order valence-electron chi connectivity index (χ4n) is 2.89. The molecule has 1 aromatic heterocycles. The molecule has 1 aliphatic heterocycles. The molecular formula is C18H14Br2N2O5. The highest BCUT2D eigenvalue weighted by Crippen LogP contribution is 2.41. The Bertz CT molecular complexity index is 1020. The molecule has 2 heterocycles. The van der Waals surface area contributed by atoms with Gasteiger partial charge in [0.15, 0.2) is 0 Å². The fraction of sp³-hybridized carbons (Fsp3) is 0.167. The van der Waals surface area contributed by atoms with E-state index in [1.807, 2.05) is 6.07 Å². The quantitative estimate of drug-likeness (QED) is 0.494. The number of carbonyl (C=O) groups is 3. The molecule has 0 aliphatic carbocycles. The average molecular weight is 498 g/mol. The van der Waals surface area contributed by atoms with Gasteiger partial charge in [-0.3, -0.25) is 4.79 Å². The number of hydrogen-bond donors (Lipinski definition) is 2. The van der Waals surface area contributed by atoms with Crippen LogP contribution in [0.4, 0.5) is 5.69 Å². The standard InChI is InChI=1S/C18H14Br2N2O5/c1-7-9(13(17(24)26-2)15(21-7)18(25)27-3)6-11-10-4-8(19)5-12(20)14(10)22-16(11)23/h4-6,21H,1-3H3,(H,22,23). The predicted octanol–water partition coefficient (Wildman–Crippen LogP) is 3.91. The number of aryl methyl sites for hydroxylation is 1. The molecule has 9 heteroatoms. The minimum atomic E-state index is -0.708. The molecule has 0 bridgehead atoms. The molecule has 1 aliphatic rings. The van der Waals surface area contributed by atoms with E-state index in [9.17, 15) is 14.4 Å². The number of ether oxygens (including phenoxy) is 2. The number of benzene rings is 1. The average Bonchev–Trinajstić information content (AvgIpc) is 3.12. The SMILES string of the molecule is COC(=O)c1[nH]c(C)c(C=C2C(=O)Nc3c(Br)cc(Br)cc32)c1C(=O)OC. The van der Waals surface area contributed by atoms with E-state index in [4.69, 9.17) is 9.47 Å². The zero-order chi connectivity index (χ0) is 19.9. The normalized spacial score (nSPS) is 14.1. The summed E-state index contributed by atoms with van der Waals surface area (Å²) in [6.45, 7) is 1.69. The van der Waals surface area contributed by atoms with Crippen molar-refractivity contribution in [2.75, 3.05) is 19.5 Å². The number of fused-ring (bicyclic) bond motifs is 1. The third kappa shape index (κ3) is 3.32. The Balaban J connectivity index is 2.25. The van der Waals surface area contributed by atoms with Crippen molar-refractivity contribution in [3.05, 3.63) is 49.2 Å². The van der Waals surface area contributed by atoms with Crippen molar-refractivity contribution < 1.29 is 23.9 Å². The number of carbonyl (C=O) groups excluding carboxylic acids is 3. The van der Waals surface area contributed by atoms with Crippen LogP contribution >= 0.6 is 31.9 Å². The minimum absolute atomic E-state index is 0.0182. The fourth-order valence-corrected chi connectivity index (χ4v) is 4.22. The van der Waals surface area contributed by atoms with E-state index in [0.717, 1.165) is 8.95 Å². The van der Waals surface area contributed by atoms with Gasteiger partial charge in [0.2, 0.25) is 0 Å². The van der Waals surface area contributed by atoms with Crippen LogP contribution in [0.25, 0.3) is 11.6 Å². The summed E-state index contributed by atoms with van der Waals surface area (Å²) in [5.41, 5.74) is 2.56. The van der Waals surface area contributed by atoms with E-state index >= 15 is 0 Å². The van der Waals surface area contributed by atoms with Crippen molar-refractivity contribution in [2.45, 2.75) is 6.92 Å². The van der Waals surface area contributed by atoms with E-state index in [0.29, 0.717) is 28.1 Å². The first kappa shape index (κ1) is 19.4. The Morgan fingerprint density at radius 2 is 1.78 bits per heavy atom. The van der Waals surface area contributed by atoms with Crippen molar-refractivity contribution in [1.29, 1.82) is 0 Å². The molecule has 0 saturated carbocycles. The molecule has 0 unspecified atom stereocenters. The van der Waals surface area contributed by atoms with Crippen molar-refractivity contribution in [2.24, 2.45) is 0 Å². The van der Waals surface area contributed by atoms with Crippen LogP contribution in [-0.2, 0) is 14.3 Å². The van der Waals surface area contributed by atoms with Crippen molar-refractivity contribution >= 4 is 67.0 Å². The maximum atomic E-state index is 12.5. The third-order valence-electron chi connectivity index (χ3n) is 4.13. The molecule has 0 spiro atoms. The van der Waals surface area contributed by atoms with Gasteiger partial charge in [0.25, 0.3) is 5.91 Å². The van der Waals surface area contributed by atoms with Crippen LogP contribution in [0.1, 0.15) is 37.7 Å². The number of rotatable bonds is 3. The van der Waals surface area contributed by atoms with Gasteiger partial charge in [0.1, 0.15) is 5.69 Å². The molecule has 0 atom stereocenters. The van der Waals surface area contributed by atoms with Crippen LogP contribution in [0.5, 0.6) is 0 Å². The maximum absolute atomic E-state index is 12.5. The number of halogens is 2. The first-order valence-electron chi connectivity index (χ1n) is 7.70. The van der Waals surface area contributed by atoms with Crippen LogP contribution in [0.2, 0.25) is 0 Å². The summed E-state index contributed by atoms with van der Waals surface area (Å²) in [5, 5.41) is 2.79. The lowest BCUT2D eigenvalue weighted by molar-refractivity contribution is -0.110. The molecule has 27 heavy (non-hydrogen) atoms. The smallest absolute Gasteiger partial charge is 0.355 e. The van der Waals surface area contributed by atoms with E-state index in [1.54, 1.807) is 19.1 Å². The third-order valence-corrected chi connectivity index (χ3v) is 5.22.